The van der Waals surface area contributed by atoms with Crippen molar-refractivity contribution in [1.29, 1.82) is 0 Å². The molecule has 0 aliphatic carbocycles. The summed E-state index contributed by atoms with van der Waals surface area (Å²) in [5, 5.41) is 3.56. The number of hydrogen-bond donors (Lipinski definition) is 1. The van der Waals surface area contributed by atoms with E-state index in [9.17, 15) is 14.4 Å². The van der Waals surface area contributed by atoms with Crippen molar-refractivity contribution in [3.05, 3.63) is 87.9 Å². The van der Waals surface area contributed by atoms with Gasteiger partial charge in [0.05, 0.1) is 23.5 Å². The number of amides is 2. The lowest BCUT2D eigenvalue weighted by molar-refractivity contribution is -0.118. The Hall–Kier alpha value is -4.04. The van der Waals surface area contributed by atoms with Gasteiger partial charge < -0.3 is 24.6 Å². The molecule has 0 saturated carbocycles. The summed E-state index contributed by atoms with van der Waals surface area (Å²) in [4.78, 5) is 42.1. The van der Waals surface area contributed by atoms with Gasteiger partial charge in [0.2, 0.25) is 0 Å². The molecule has 1 heterocycles. The highest BCUT2D eigenvalue weighted by atomic mass is 35.5. The molecule has 0 atom stereocenters. The quantitative estimate of drug-likeness (QED) is 0.393. The summed E-state index contributed by atoms with van der Waals surface area (Å²) in [7, 11) is 0. The van der Waals surface area contributed by atoms with Crippen LogP contribution >= 0.6 is 11.6 Å². The van der Waals surface area contributed by atoms with Crippen molar-refractivity contribution in [3.8, 4) is 5.75 Å². The second kappa shape index (κ2) is 12.7. The number of rotatable bonds is 8. The molecule has 0 spiro atoms. The highest BCUT2D eigenvalue weighted by Gasteiger charge is 2.25. The van der Waals surface area contributed by atoms with Crippen LogP contribution in [0.3, 0.4) is 0 Å². The molecule has 3 aromatic rings. The summed E-state index contributed by atoms with van der Waals surface area (Å²) in [5.41, 5.74) is 3.94. The summed E-state index contributed by atoms with van der Waals surface area (Å²) in [5.74, 6) is -0.308. The molecular formula is C30H32ClN3O5. The Morgan fingerprint density at radius 2 is 1.56 bits per heavy atom. The molecule has 8 nitrogen and oxygen atoms in total. The van der Waals surface area contributed by atoms with Crippen LogP contribution in [0.1, 0.15) is 38.8 Å². The van der Waals surface area contributed by atoms with Crippen LogP contribution in [0.2, 0.25) is 5.02 Å². The Kier molecular flexibility index (Phi) is 9.09. The predicted octanol–water partition coefficient (Wildman–Crippen LogP) is 5.11. The lowest BCUT2D eigenvalue weighted by atomic mass is 10.1. The van der Waals surface area contributed by atoms with Crippen molar-refractivity contribution >= 4 is 40.8 Å². The van der Waals surface area contributed by atoms with E-state index in [1.165, 1.54) is 0 Å². The van der Waals surface area contributed by atoms with Gasteiger partial charge in [-0.25, -0.2) is 4.79 Å². The first-order chi connectivity index (χ1) is 18.8. The van der Waals surface area contributed by atoms with Crippen LogP contribution < -0.4 is 15.0 Å². The lowest BCUT2D eigenvalue weighted by Gasteiger charge is -2.37. The largest absolute Gasteiger partial charge is 0.484 e. The number of aryl methyl sites for hydroxylation is 2. The molecule has 1 fully saturated rings. The molecule has 0 bridgehead atoms. The second-order valence-electron chi connectivity index (χ2n) is 9.31. The van der Waals surface area contributed by atoms with Crippen LogP contribution in [0, 0.1) is 13.8 Å². The van der Waals surface area contributed by atoms with Crippen LogP contribution in [-0.2, 0) is 9.53 Å². The average molecular weight is 550 g/mol. The zero-order valence-electron chi connectivity index (χ0n) is 22.3. The highest BCUT2D eigenvalue weighted by Crippen LogP contribution is 2.30. The number of piperazine rings is 1. The summed E-state index contributed by atoms with van der Waals surface area (Å²) < 4.78 is 10.9. The van der Waals surface area contributed by atoms with Gasteiger partial charge in [0, 0.05) is 36.8 Å². The second-order valence-corrected chi connectivity index (χ2v) is 9.68. The molecule has 0 aromatic heterocycles. The van der Waals surface area contributed by atoms with E-state index in [-0.39, 0.29) is 25.0 Å². The smallest absolute Gasteiger partial charge is 0.338 e. The third kappa shape index (κ3) is 6.89. The number of hydrogen-bond acceptors (Lipinski definition) is 6. The number of ether oxygens (including phenoxy) is 2. The van der Waals surface area contributed by atoms with E-state index in [0.717, 1.165) is 16.8 Å². The van der Waals surface area contributed by atoms with Gasteiger partial charge in [-0.2, -0.15) is 0 Å². The number of anilines is 2. The van der Waals surface area contributed by atoms with E-state index in [1.54, 1.807) is 37.3 Å². The normalized spacial score (nSPS) is 13.1. The maximum absolute atomic E-state index is 12.9. The predicted molar refractivity (Wildman–Crippen MR) is 152 cm³/mol. The standard InChI is InChI=1S/C30H32ClN3O5/c1-4-38-30(37)23-10-11-26(33-12-14-34(15-13-33)29(36)22-8-6-5-7-9-22)25(18-23)32-27(35)19-39-24-16-20(2)28(31)21(3)17-24/h5-11,16-18H,4,12-15,19H2,1-3H3,(H,32,35). The molecule has 0 radical (unpaired) electrons. The van der Waals surface area contributed by atoms with Crippen molar-refractivity contribution in [2.45, 2.75) is 20.8 Å². The Morgan fingerprint density at radius 3 is 2.21 bits per heavy atom. The van der Waals surface area contributed by atoms with E-state index < -0.39 is 5.97 Å². The molecule has 1 N–H and O–H groups in total. The van der Waals surface area contributed by atoms with Crippen LogP contribution in [-0.4, -0.2) is 62.1 Å². The number of esters is 1. The Morgan fingerprint density at radius 1 is 0.897 bits per heavy atom. The van der Waals surface area contributed by atoms with E-state index in [1.807, 2.05) is 49.1 Å². The first kappa shape index (κ1) is 28.0. The molecule has 39 heavy (non-hydrogen) atoms. The van der Waals surface area contributed by atoms with Crippen LogP contribution in [0.25, 0.3) is 0 Å². The first-order valence-electron chi connectivity index (χ1n) is 12.9. The van der Waals surface area contributed by atoms with Gasteiger partial charge in [0.25, 0.3) is 11.8 Å². The van der Waals surface area contributed by atoms with Crippen LogP contribution in [0.15, 0.2) is 60.7 Å². The summed E-state index contributed by atoms with van der Waals surface area (Å²) in [6, 6.07) is 17.9. The molecule has 9 heteroatoms. The SMILES string of the molecule is CCOC(=O)c1ccc(N2CCN(C(=O)c3ccccc3)CC2)c(NC(=O)COc2cc(C)c(Cl)c(C)c2)c1. The Bertz CT molecular complexity index is 1330. The summed E-state index contributed by atoms with van der Waals surface area (Å²) >= 11 is 6.23. The molecule has 1 aliphatic rings. The van der Waals surface area contributed by atoms with E-state index in [0.29, 0.717) is 53.8 Å². The van der Waals surface area contributed by atoms with E-state index >= 15 is 0 Å². The van der Waals surface area contributed by atoms with Crippen molar-refractivity contribution in [3.63, 3.8) is 0 Å². The summed E-state index contributed by atoms with van der Waals surface area (Å²) in [6.45, 7) is 7.71. The van der Waals surface area contributed by atoms with Gasteiger partial charge in [-0.3, -0.25) is 9.59 Å². The molecule has 2 amide bonds. The molecule has 1 saturated heterocycles. The molecule has 3 aromatic carbocycles. The monoisotopic (exact) mass is 549 g/mol. The minimum absolute atomic E-state index is 0.00810. The van der Waals surface area contributed by atoms with Crippen LogP contribution in [0.4, 0.5) is 11.4 Å². The Labute approximate surface area is 233 Å². The minimum atomic E-state index is -0.471. The van der Waals surface area contributed by atoms with Gasteiger partial charge in [-0.15, -0.1) is 0 Å². The summed E-state index contributed by atoms with van der Waals surface area (Å²) in [6.07, 6.45) is 0. The van der Waals surface area contributed by atoms with Crippen molar-refractivity contribution in [2.24, 2.45) is 0 Å². The number of halogens is 1. The van der Waals surface area contributed by atoms with E-state index in [4.69, 9.17) is 21.1 Å². The average Bonchev–Trinajstić information content (AvgIpc) is 2.95. The molecule has 4 rings (SSSR count). The third-order valence-corrected chi connectivity index (χ3v) is 7.09. The number of nitrogens with one attached hydrogen (secondary N) is 1. The number of nitrogens with zero attached hydrogens (tertiary/aromatic N) is 2. The maximum atomic E-state index is 12.9. The Balaban J connectivity index is 1.48. The van der Waals surface area contributed by atoms with Crippen molar-refractivity contribution in [1.82, 2.24) is 4.90 Å². The zero-order chi connectivity index (χ0) is 27.9. The fourth-order valence-electron chi connectivity index (χ4n) is 4.49. The number of carbonyl (C=O) groups excluding carboxylic acids is 3. The highest BCUT2D eigenvalue weighted by molar-refractivity contribution is 6.32. The van der Waals surface area contributed by atoms with E-state index in [2.05, 4.69) is 10.2 Å². The number of benzene rings is 3. The third-order valence-electron chi connectivity index (χ3n) is 6.49. The molecule has 0 unspecified atom stereocenters. The molecular weight excluding hydrogens is 518 g/mol. The number of carbonyl (C=O) groups is 3. The van der Waals surface area contributed by atoms with Crippen molar-refractivity contribution in [2.75, 3.05) is 49.6 Å². The fraction of sp³-hybridized carbons (Fsp3) is 0.300. The molecule has 204 valence electrons. The van der Waals surface area contributed by atoms with Crippen LogP contribution in [0.5, 0.6) is 5.75 Å². The van der Waals surface area contributed by atoms with Gasteiger partial charge in [-0.1, -0.05) is 29.8 Å². The minimum Gasteiger partial charge on any atom is -0.484 e. The van der Waals surface area contributed by atoms with Crippen molar-refractivity contribution < 1.29 is 23.9 Å². The van der Waals surface area contributed by atoms with Gasteiger partial charge in [0.1, 0.15) is 5.75 Å². The topological polar surface area (TPSA) is 88.2 Å². The zero-order valence-corrected chi connectivity index (χ0v) is 23.1. The lowest BCUT2D eigenvalue weighted by Crippen LogP contribution is -2.49. The fourth-order valence-corrected chi connectivity index (χ4v) is 4.60. The van der Waals surface area contributed by atoms with Gasteiger partial charge >= 0.3 is 5.97 Å². The molecule has 1 aliphatic heterocycles. The van der Waals surface area contributed by atoms with Gasteiger partial charge in [0.15, 0.2) is 6.61 Å². The van der Waals surface area contributed by atoms with Gasteiger partial charge in [-0.05, 0) is 74.4 Å². The first-order valence-corrected chi connectivity index (χ1v) is 13.2. The maximum Gasteiger partial charge on any atom is 0.338 e.